The van der Waals surface area contributed by atoms with Crippen LogP contribution >= 0.6 is 0 Å². The molecule has 72 valence electrons. The second-order valence-corrected chi connectivity index (χ2v) is 3.37. The molecular formula is C9H15N3O. The molecule has 1 unspecified atom stereocenters. The Morgan fingerprint density at radius 3 is 3.15 bits per heavy atom. The molecule has 2 heterocycles. The van der Waals surface area contributed by atoms with Crippen molar-refractivity contribution in [1.82, 2.24) is 10.3 Å². The van der Waals surface area contributed by atoms with Crippen molar-refractivity contribution in [1.29, 1.82) is 0 Å². The van der Waals surface area contributed by atoms with Crippen LogP contribution in [0.2, 0.25) is 0 Å². The zero-order chi connectivity index (χ0) is 9.10. The lowest BCUT2D eigenvalue weighted by Gasteiger charge is -2.20. The number of piperidine rings is 1. The van der Waals surface area contributed by atoms with E-state index in [0.717, 1.165) is 18.7 Å². The van der Waals surface area contributed by atoms with Gasteiger partial charge in [-0.25, -0.2) is 4.98 Å². The topological polar surface area (TPSA) is 64.1 Å². The van der Waals surface area contributed by atoms with E-state index in [-0.39, 0.29) is 0 Å². The number of nitrogens with two attached hydrogens (primary N) is 1. The van der Waals surface area contributed by atoms with Gasteiger partial charge in [-0.3, -0.25) is 0 Å². The summed E-state index contributed by atoms with van der Waals surface area (Å²) in [6.45, 7) is 1.46. The first-order valence-corrected chi connectivity index (χ1v) is 4.78. The third-order valence-corrected chi connectivity index (χ3v) is 2.41. The first-order valence-electron chi connectivity index (χ1n) is 4.78. The molecule has 1 saturated heterocycles. The van der Waals surface area contributed by atoms with Gasteiger partial charge in [0, 0.05) is 0 Å². The summed E-state index contributed by atoms with van der Waals surface area (Å²) in [5.41, 5.74) is 6.42. The molecule has 0 radical (unpaired) electrons. The van der Waals surface area contributed by atoms with Gasteiger partial charge in [0.2, 0.25) is 5.89 Å². The highest BCUT2D eigenvalue weighted by molar-refractivity contribution is 5.04. The SMILES string of the molecule is NCc1nc(C2CCCCN2)co1. The number of aromatic nitrogens is 1. The minimum absolute atomic E-state index is 0.373. The van der Waals surface area contributed by atoms with E-state index in [2.05, 4.69) is 10.3 Å². The number of oxazole rings is 1. The Kier molecular flexibility index (Phi) is 2.61. The number of nitrogens with zero attached hydrogens (tertiary/aromatic N) is 1. The lowest BCUT2D eigenvalue weighted by molar-refractivity contribution is 0.404. The van der Waals surface area contributed by atoms with Crippen molar-refractivity contribution in [2.75, 3.05) is 6.54 Å². The van der Waals surface area contributed by atoms with Gasteiger partial charge in [-0.2, -0.15) is 0 Å². The molecule has 0 aliphatic carbocycles. The summed E-state index contributed by atoms with van der Waals surface area (Å²) in [5.74, 6) is 0.627. The molecule has 1 atom stereocenters. The zero-order valence-corrected chi connectivity index (χ0v) is 7.62. The Morgan fingerprint density at radius 2 is 2.54 bits per heavy atom. The van der Waals surface area contributed by atoms with Crippen LogP contribution in [-0.2, 0) is 6.54 Å². The second-order valence-electron chi connectivity index (χ2n) is 3.37. The number of hydrogen-bond donors (Lipinski definition) is 2. The molecule has 0 amide bonds. The molecule has 2 rings (SSSR count). The quantitative estimate of drug-likeness (QED) is 0.713. The molecule has 1 aromatic heterocycles. The fourth-order valence-electron chi connectivity index (χ4n) is 1.68. The van der Waals surface area contributed by atoms with Crippen LogP contribution in [0.3, 0.4) is 0 Å². The van der Waals surface area contributed by atoms with E-state index >= 15 is 0 Å². The molecule has 1 aliphatic heterocycles. The fraction of sp³-hybridized carbons (Fsp3) is 0.667. The predicted octanol–water partition coefficient (Wildman–Crippen LogP) is 0.948. The fourth-order valence-corrected chi connectivity index (χ4v) is 1.68. The third kappa shape index (κ3) is 1.89. The zero-order valence-electron chi connectivity index (χ0n) is 7.62. The van der Waals surface area contributed by atoms with Gasteiger partial charge in [-0.1, -0.05) is 6.42 Å². The van der Waals surface area contributed by atoms with Gasteiger partial charge in [0.1, 0.15) is 6.26 Å². The highest BCUT2D eigenvalue weighted by Crippen LogP contribution is 2.21. The highest BCUT2D eigenvalue weighted by Gasteiger charge is 2.17. The molecule has 0 spiro atoms. The molecule has 0 bridgehead atoms. The standard InChI is InChI=1S/C9H15N3O/c10-5-9-12-8(6-13-9)7-3-1-2-4-11-7/h6-7,11H,1-5,10H2. The molecular weight excluding hydrogens is 166 g/mol. The van der Waals surface area contributed by atoms with Crippen LogP contribution in [0.5, 0.6) is 0 Å². The maximum Gasteiger partial charge on any atom is 0.208 e. The molecule has 1 fully saturated rings. The van der Waals surface area contributed by atoms with E-state index in [1.54, 1.807) is 6.26 Å². The molecule has 1 aromatic rings. The van der Waals surface area contributed by atoms with Gasteiger partial charge in [-0.15, -0.1) is 0 Å². The van der Waals surface area contributed by atoms with Crippen molar-refractivity contribution in [3.05, 3.63) is 17.8 Å². The van der Waals surface area contributed by atoms with Crippen molar-refractivity contribution < 1.29 is 4.42 Å². The molecule has 13 heavy (non-hydrogen) atoms. The summed E-state index contributed by atoms with van der Waals surface area (Å²) in [6.07, 6.45) is 5.39. The summed E-state index contributed by atoms with van der Waals surface area (Å²) >= 11 is 0. The van der Waals surface area contributed by atoms with Crippen LogP contribution < -0.4 is 11.1 Å². The Labute approximate surface area is 77.5 Å². The minimum Gasteiger partial charge on any atom is -0.447 e. The van der Waals surface area contributed by atoms with Crippen molar-refractivity contribution in [3.8, 4) is 0 Å². The molecule has 4 nitrogen and oxygen atoms in total. The van der Waals surface area contributed by atoms with Crippen molar-refractivity contribution in [2.24, 2.45) is 5.73 Å². The Hall–Kier alpha value is -0.870. The summed E-state index contributed by atoms with van der Waals surface area (Å²) in [4.78, 5) is 4.30. The molecule has 3 N–H and O–H groups in total. The van der Waals surface area contributed by atoms with E-state index in [0.29, 0.717) is 18.5 Å². The first kappa shape index (κ1) is 8.72. The van der Waals surface area contributed by atoms with Crippen LogP contribution in [0.15, 0.2) is 10.7 Å². The lowest BCUT2D eigenvalue weighted by Crippen LogP contribution is -2.27. The van der Waals surface area contributed by atoms with Crippen molar-refractivity contribution >= 4 is 0 Å². The third-order valence-electron chi connectivity index (χ3n) is 2.41. The van der Waals surface area contributed by atoms with Gasteiger partial charge in [0.05, 0.1) is 18.3 Å². The van der Waals surface area contributed by atoms with E-state index in [9.17, 15) is 0 Å². The van der Waals surface area contributed by atoms with Crippen molar-refractivity contribution in [3.63, 3.8) is 0 Å². The summed E-state index contributed by atoms with van der Waals surface area (Å²) < 4.78 is 5.19. The predicted molar refractivity (Wildman–Crippen MR) is 49.0 cm³/mol. The lowest BCUT2D eigenvalue weighted by atomic mass is 10.0. The van der Waals surface area contributed by atoms with Crippen LogP contribution in [-0.4, -0.2) is 11.5 Å². The monoisotopic (exact) mass is 181 g/mol. The van der Waals surface area contributed by atoms with E-state index in [1.807, 2.05) is 0 Å². The minimum atomic E-state index is 0.373. The van der Waals surface area contributed by atoms with Gasteiger partial charge in [-0.05, 0) is 19.4 Å². The molecule has 4 heteroatoms. The van der Waals surface area contributed by atoms with E-state index < -0.39 is 0 Å². The Balaban J connectivity index is 2.05. The summed E-state index contributed by atoms with van der Waals surface area (Å²) in [6, 6.07) is 0.373. The summed E-state index contributed by atoms with van der Waals surface area (Å²) in [7, 11) is 0. The number of hydrogen-bond acceptors (Lipinski definition) is 4. The van der Waals surface area contributed by atoms with Gasteiger partial charge < -0.3 is 15.5 Å². The van der Waals surface area contributed by atoms with Crippen LogP contribution in [0.1, 0.15) is 36.9 Å². The average molecular weight is 181 g/mol. The Morgan fingerprint density at radius 1 is 1.62 bits per heavy atom. The second kappa shape index (κ2) is 3.89. The van der Waals surface area contributed by atoms with E-state index in [4.69, 9.17) is 10.2 Å². The first-order chi connectivity index (χ1) is 6.40. The Bertz CT molecular complexity index is 266. The maximum absolute atomic E-state index is 5.42. The molecule has 1 aliphatic rings. The average Bonchev–Trinajstić information content (AvgIpc) is 2.67. The normalized spacial score (nSPS) is 23.3. The van der Waals surface area contributed by atoms with Crippen LogP contribution in [0.25, 0.3) is 0 Å². The van der Waals surface area contributed by atoms with Gasteiger partial charge >= 0.3 is 0 Å². The highest BCUT2D eigenvalue weighted by atomic mass is 16.3. The molecule has 0 aromatic carbocycles. The van der Waals surface area contributed by atoms with Crippen LogP contribution in [0, 0.1) is 0 Å². The van der Waals surface area contributed by atoms with Gasteiger partial charge in [0.15, 0.2) is 0 Å². The number of nitrogens with one attached hydrogen (secondary N) is 1. The molecule has 0 saturated carbocycles. The smallest absolute Gasteiger partial charge is 0.208 e. The van der Waals surface area contributed by atoms with Crippen LogP contribution in [0.4, 0.5) is 0 Å². The maximum atomic E-state index is 5.42. The number of rotatable bonds is 2. The van der Waals surface area contributed by atoms with E-state index in [1.165, 1.54) is 12.8 Å². The van der Waals surface area contributed by atoms with Crippen molar-refractivity contribution in [2.45, 2.75) is 31.8 Å². The summed E-state index contributed by atoms with van der Waals surface area (Å²) in [5, 5.41) is 3.41. The van der Waals surface area contributed by atoms with Gasteiger partial charge in [0.25, 0.3) is 0 Å². The largest absolute Gasteiger partial charge is 0.447 e.